The van der Waals surface area contributed by atoms with Crippen LogP contribution in [0.15, 0.2) is 34.9 Å². The summed E-state index contributed by atoms with van der Waals surface area (Å²) in [6.07, 6.45) is 0. The van der Waals surface area contributed by atoms with Gasteiger partial charge in [-0.3, -0.25) is 0 Å². The molecule has 0 radical (unpaired) electrons. The second kappa shape index (κ2) is 5.35. The fraction of sp³-hybridized carbons (Fsp3) is 0.308. The molecule has 0 aliphatic rings. The molecule has 0 fully saturated rings. The summed E-state index contributed by atoms with van der Waals surface area (Å²) in [6.45, 7) is 7.97. The summed E-state index contributed by atoms with van der Waals surface area (Å²) in [4.78, 5) is 0. The molecule has 0 bridgehead atoms. The number of benzene rings is 1. The van der Waals surface area contributed by atoms with E-state index in [-0.39, 0.29) is 0 Å². The Morgan fingerprint density at radius 1 is 1.07 bits per heavy atom. The van der Waals surface area contributed by atoms with E-state index in [1.807, 2.05) is 45.0 Å². The third kappa shape index (κ3) is 2.69. The van der Waals surface area contributed by atoms with Gasteiger partial charge in [0.05, 0.1) is 0 Å². The number of nitrogens with zero attached hydrogens (tertiary/aromatic N) is 1. The minimum Gasteiger partial charge on any atom is -0.361 e. The molecule has 15 heavy (non-hydrogen) atoms. The van der Waals surface area contributed by atoms with Gasteiger partial charge < -0.3 is 4.52 Å². The van der Waals surface area contributed by atoms with Crippen LogP contribution in [0.4, 0.5) is 0 Å². The van der Waals surface area contributed by atoms with Gasteiger partial charge in [-0.2, -0.15) is 0 Å². The van der Waals surface area contributed by atoms with Gasteiger partial charge in [-0.15, -0.1) is 0 Å². The standard InChI is InChI=1S/C11H11NO.C2H6/c1-8-5-3-4-6-10(8)11-7-9(2)13-12-11;1-2/h3-7H,1-2H3;1-2H3. The van der Waals surface area contributed by atoms with Gasteiger partial charge in [0.15, 0.2) is 0 Å². The quantitative estimate of drug-likeness (QED) is 0.700. The molecular weight excluding hydrogens is 186 g/mol. The molecule has 0 N–H and O–H groups in total. The Bertz CT molecular complexity index is 418. The van der Waals surface area contributed by atoms with Crippen LogP contribution < -0.4 is 0 Å². The Hall–Kier alpha value is -1.57. The van der Waals surface area contributed by atoms with E-state index in [0.29, 0.717) is 0 Å². The van der Waals surface area contributed by atoms with Crippen LogP contribution in [-0.2, 0) is 0 Å². The summed E-state index contributed by atoms with van der Waals surface area (Å²) in [7, 11) is 0. The highest BCUT2D eigenvalue weighted by atomic mass is 16.5. The zero-order valence-electron chi connectivity index (χ0n) is 9.74. The van der Waals surface area contributed by atoms with Crippen LogP contribution in [0.2, 0.25) is 0 Å². The Balaban J connectivity index is 0.000000531. The molecule has 0 saturated heterocycles. The van der Waals surface area contributed by atoms with Crippen LogP contribution in [0.5, 0.6) is 0 Å². The number of hydrogen-bond acceptors (Lipinski definition) is 2. The maximum absolute atomic E-state index is 5.02. The van der Waals surface area contributed by atoms with E-state index >= 15 is 0 Å². The molecule has 0 spiro atoms. The molecule has 0 aliphatic heterocycles. The summed E-state index contributed by atoms with van der Waals surface area (Å²) in [5.74, 6) is 0.846. The fourth-order valence-electron chi connectivity index (χ4n) is 1.35. The molecule has 2 aromatic rings. The third-order valence-electron chi connectivity index (χ3n) is 2.05. The zero-order chi connectivity index (χ0) is 11.3. The molecule has 0 aliphatic carbocycles. The van der Waals surface area contributed by atoms with E-state index in [9.17, 15) is 0 Å². The first-order valence-corrected chi connectivity index (χ1v) is 5.27. The monoisotopic (exact) mass is 203 g/mol. The minimum atomic E-state index is 0.846. The summed E-state index contributed by atoms with van der Waals surface area (Å²) < 4.78 is 5.02. The van der Waals surface area contributed by atoms with Crippen LogP contribution in [0.3, 0.4) is 0 Å². The zero-order valence-corrected chi connectivity index (χ0v) is 9.74. The summed E-state index contributed by atoms with van der Waals surface area (Å²) >= 11 is 0. The van der Waals surface area contributed by atoms with Crippen LogP contribution >= 0.6 is 0 Å². The van der Waals surface area contributed by atoms with Gasteiger partial charge in [-0.05, 0) is 19.4 Å². The maximum atomic E-state index is 5.02. The Labute approximate surface area is 90.9 Å². The van der Waals surface area contributed by atoms with Crippen LogP contribution in [0.1, 0.15) is 25.2 Å². The van der Waals surface area contributed by atoms with Crippen LogP contribution in [0.25, 0.3) is 11.3 Å². The van der Waals surface area contributed by atoms with Crippen molar-refractivity contribution in [2.24, 2.45) is 0 Å². The topological polar surface area (TPSA) is 26.0 Å². The molecule has 0 saturated carbocycles. The van der Waals surface area contributed by atoms with Gasteiger partial charge in [0.2, 0.25) is 0 Å². The van der Waals surface area contributed by atoms with Gasteiger partial charge >= 0.3 is 0 Å². The lowest BCUT2D eigenvalue weighted by molar-refractivity contribution is 0.399. The lowest BCUT2D eigenvalue weighted by atomic mass is 10.1. The van der Waals surface area contributed by atoms with E-state index < -0.39 is 0 Å². The largest absolute Gasteiger partial charge is 0.361 e. The lowest BCUT2D eigenvalue weighted by Crippen LogP contribution is -1.80. The predicted molar refractivity (Wildman–Crippen MR) is 62.8 cm³/mol. The molecule has 2 rings (SSSR count). The third-order valence-corrected chi connectivity index (χ3v) is 2.05. The molecule has 80 valence electrons. The minimum absolute atomic E-state index is 0.846. The second-order valence-electron chi connectivity index (χ2n) is 3.14. The molecule has 0 unspecified atom stereocenters. The van der Waals surface area contributed by atoms with E-state index in [4.69, 9.17) is 4.52 Å². The van der Waals surface area contributed by atoms with Gasteiger partial charge in [0.1, 0.15) is 11.5 Å². The van der Waals surface area contributed by atoms with Crippen molar-refractivity contribution >= 4 is 0 Å². The fourth-order valence-corrected chi connectivity index (χ4v) is 1.35. The highest BCUT2D eigenvalue weighted by Gasteiger charge is 2.04. The second-order valence-corrected chi connectivity index (χ2v) is 3.14. The first-order chi connectivity index (χ1) is 7.27. The van der Waals surface area contributed by atoms with Gasteiger partial charge in [0.25, 0.3) is 0 Å². The van der Waals surface area contributed by atoms with Crippen molar-refractivity contribution in [1.29, 1.82) is 0 Å². The number of hydrogen-bond donors (Lipinski definition) is 0. The Kier molecular flexibility index (Phi) is 4.10. The van der Waals surface area contributed by atoms with Gasteiger partial charge in [0, 0.05) is 11.6 Å². The van der Waals surface area contributed by atoms with E-state index in [1.165, 1.54) is 5.56 Å². The van der Waals surface area contributed by atoms with E-state index in [2.05, 4.69) is 18.1 Å². The highest BCUT2D eigenvalue weighted by molar-refractivity contribution is 5.62. The number of rotatable bonds is 1. The van der Waals surface area contributed by atoms with Crippen molar-refractivity contribution in [2.75, 3.05) is 0 Å². The smallest absolute Gasteiger partial charge is 0.134 e. The molecule has 0 amide bonds. The van der Waals surface area contributed by atoms with Crippen LogP contribution in [-0.4, -0.2) is 5.16 Å². The molecule has 0 atom stereocenters. The number of aryl methyl sites for hydroxylation is 2. The highest BCUT2D eigenvalue weighted by Crippen LogP contribution is 2.21. The molecule has 1 heterocycles. The van der Waals surface area contributed by atoms with E-state index in [0.717, 1.165) is 17.0 Å². The van der Waals surface area contributed by atoms with Crippen LogP contribution in [0, 0.1) is 13.8 Å². The van der Waals surface area contributed by atoms with Gasteiger partial charge in [-0.1, -0.05) is 43.3 Å². The van der Waals surface area contributed by atoms with Crippen molar-refractivity contribution in [1.82, 2.24) is 5.16 Å². The maximum Gasteiger partial charge on any atom is 0.134 e. The Morgan fingerprint density at radius 2 is 1.73 bits per heavy atom. The summed E-state index contributed by atoms with van der Waals surface area (Å²) in [5, 5.41) is 3.97. The first-order valence-electron chi connectivity index (χ1n) is 5.27. The predicted octanol–water partition coefficient (Wildman–Crippen LogP) is 3.98. The molecule has 1 aromatic carbocycles. The molecule has 2 nitrogen and oxygen atoms in total. The first kappa shape index (κ1) is 11.5. The average molecular weight is 203 g/mol. The number of aromatic nitrogens is 1. The Morgan fingerprint density at radius 3 is 2.27 bits per heavy atom. The van der Waals surface area contributed by atoms with Crippen molar-refractivity contribution in [3.63, 3.8) is 0 Å². The van der Waals surface area contributed by atoms with Crippen molar-refractivity contribution in [2.45, 2.75) is 27.7 Å². The molecule has 1 aromatic heterocycles. The van der Waals surface area contributed by atoms with Gasteiger partial charge in [-0.25, -0.2) is 0 Å². The molecular formula is C13H17NO. The van der Waals surface area contributed by atoms with Crippen molar-refractivity contribution in [3.05, 3.63) is 41.7 Å². The lowest BCUT2D eigenvalue weighted by Gasteiger charge is -1.98. The van der Waals surface area contributed by atoms with Crippen molar-refractivity contribution < 1.29 is 4.52 Å². The normalized spacial score (nSPS) is 9.33. The molecule has 2 heteroatoms. The average Bonchev–Trinajstić information content (AvgIpc) is 2.68. The SMILES string of the molecule is CC.Cc1cc(-c2ccccc2C)no1. The summed E-state index contributed by atoms with van der Waals surface area (Å²) in [5.41, 5.74) is 3.27. The van der Waals surface area contributed by atoms with E-state index in [1.54, 1.807) is 0 Å². The summed E-state index contributed by atoms with van der Waals surface area (Å²) in [6, 6.07) is 10.1. The van der Waals surface area contributed by atoms with Crippen molar-refractivity contribution in [3.8, 4) is 11.3 Å².